The lowest BCUT2D eigenvalue weighted by atomic mass is 10.1. The zero-order chi connectivity index (χ0) is 12.7. The van der Waals surface area contributed by atoms with E-state index >= 15 is 0 Å². The minimum atomic E-state index is -0.138. The minimum Gasteiger partial charge on any atom is -0.496 e. The van der Waals surface area contributed by atoms with E-state index in [0.29, 0.717) is 6.54 Å². The molecule has 0 saturated heterocycles. The molecule has 0 saturated carbocycles. The lowest BCUT2D eigenvalue weighted by Crippen LogP contribution is -2.23. The van der Waals surface area contributed by atoms with Crippen LogP contribution in [0, 0.1) is 0 Å². The van der Waals surface area contributed by atoms with Gasteiger partial charge in [-0.25, -0.2) is 0 Å². The number of aliphatic hydroxyl groups is 1. The van der Waals surface area contributed by atoms with Crippen molar-refractivity contribution in [3.05, 3.63) is 29.3 Å². The molecule has 1 amide bonds. The van der Waals surface area contributed by atoms with E-state index in [1.165, 1.54) is 0 Å². The van der Waals surface area contributed by atoms with Crippen molar-refractivity contribution < 1.29 is 14.6 Å². The second-order valence-corrected chi connectivity index (χ2v) is 3.75. The van der Waals surface area contributed by atoms with Crippen molar-refractivity contribution in [2.24, 2.45) is 0 Å². The van der Waals surface area contributed by atoms with Gasteiger partial charge in [-0.3, -0.25) is 4.79 Å². The Kier molecular flexibility index (Phi) is 5.49. The van der Waals surface area contributed by atoms with Crippen molar-refractivity contribution in [2.45, 2.75) is 26.3 Å². The number of nitrogens with one attached hydrogen (secondary N) is 1. The third-order valence-corrected chi connectivity index (χ3v) is 2.55. The molecule has 0 aliphatic heterocycles. The zero-order valence-electron chi connectivity index (χ0n) is 10.3. The molecular weight excluding hydrogens is 218 g/mol. The number of rotatable bonds is 6. The fourth-order valence-electron chi connectivity index (χ4n) is 1.61. The summed E-state index contributed by atoms with van der Waals surface area (Å²) < 4.78 is 5.23. The average molecular weight is 237 g/mol. The van der Waals surface area contributed by atoms with E-state index in [4.69, 9.17) is 9.84 Å². The van der Waals surface area contributed by atoms with E-state index in [0.717, 1.165) is 23.3 Å². The van der Waals surface area contributed by atoms with Gasteiger partial charge in [0.15, 0.2) is 0 Å². The molecule has 0 radical (unpaired) electrons. The van der Waals surface area contributed by atoms with Gasteiger partial charge in [-0.05, 0) is 23.6 Å². The number of hydrogen-bond donors (Lipinski definition) is 2. The molecule has 0 aromatic heterocycles. The predicted octanol–water partition coefficient (Wildman–Crippen LogP) is 1.26. The molecule has 0 fully saturated rings. The van der Waals surface area contributed by atoms with Gasteiger partial charge in [-0.15, -0.1) is 0 Å². The molecule has 0 atom stereocenters. The van der Waals surface area contributed by atoms with Crippen LogP contribution in [0.3, 0.4) is 0 Å². The molecule has 0 aliphatic rings. The Balaban J connectivity index is 2.63. The van der Waals surface area contributed by atoms with Gasteiger partial charge < -0.3 is 15.2 Å². The quantitative estimate of drug-likeness (QED) is 0.783. The van der Waals surface area contributed by atoms with E-state index in [2.05, 4.69) is 12.2 Å². The molecule has 2 N–H and O–H groups in total. The van der Waals surface area contributed by atoms with Crippen LogP contribution in [-0.2, 0) is 17.8 Å². The second kappa shape index (κ2) is 6.91. The number of ether oxygens (including phenoxy) is 1. The summed E-state index contributed by atoms with van der Waals surface area (Å²) in [5, 5.41) is 11.4. The fourth-order valence-corrected chi connectivity index (χ4v) is 1.61. The highest BCUT2D eigenvalue weighted by Gasteiger charge is 2.04. The fraction of sp³-hybridized carbons (Fsp3) is 0.462. The van der Waals surface area contributed by atoms with Gasteiger partial charge >= 0.3 is 0 Å². The zero-order valence-corrected chi connectivity index (χ0v) is 10.3. The lowest BCUT2D eigenvalue weighted by Gasteiger charge is -2.10. The van der Waals surface area contributed by atoms with Gasteiger partial charge in [-0.2, -0.15) is 0 Å². The Morgan fingerprint density at radius 1 is 1.47 bits per heavy atom. The number of aliphatic hydroxyl groups excluding tert-OH is 1. The van der Waals surface area contributed by atoms with Crippen LogP contribution in [0.15, 0.2) is 18.2 Å². The first kappa shape index (κ1) is 13.5. The largest absolute Gasteiger partial charge is 0.496 e. The van der Waals surface area contributed by atoms with E-state index in [1.54, 1.807) is 7.11 Å². The molecular formula is C13H19NO3. The average Bonchev–Trinajstić information content (AvgIpc) is 2.36. The molecule has 94 valence electrons. The molecule has 1 rings (SSSR count). The highest BCUT2D eigenvalue weighted by atomic mass is 16.5. The molecule has 0 heterocycles. The third kappa shape index (κ3) is 4.07. The predicted molar refractivity (Wildman–Crippen MR) is 65.9 cm³/mol. The van der Waals surface area contributed by atoms with Gasteiger partial charge in [0.1, 0.15) is 5.75 Å². The highest BCUT2D eigenvalue weighted by Crippen LogP contribution is 2.20. The number of amides is 1. The molecule has 17 heavy (non-hydrogen) atoms. The maximum Gasteiger partial charge on any atom is 0.222 e. The summed E-state index contributed by atoms with van der Waals surface area (Å²) in [6, 6.07) is 5.86. The highest BCUT2D eigenvalue weighted by molar-refractivity contribution is 5.75. The number of hydrogen-bond acceptors (Lipinski definition) is 3. The van der Waals surface area contributed by atoms with Crippen LogP contribution < -0.4 is 10.1 Å². The Bertz CT molecular complexity index is 377. The monoisotopic (exact) mass is 237 g/mol. The van der Waals surface area contributed by atoms with Gasteiger partial charge in [0, 0.05) is 13.0 Å². The van der Waals surface area contributed by atoms with Crippen LogP contribution in [0.5, 0.6) is 5.75 Å². The van der Waals surface area contributed by atoms with E-state index in [1.807, 2.05) is 18.2 Å². The van der Waals surface area contributed by atoms with Crippen molar-refractivity contribution in [2.75, 3.05) is 13.7 Å². The van der Waals surface area contributed by atoms with Crippen LogP contribution in [-0.4, -0.2) is 24.7 Å². The summed E-state index contributed by atoms with van der Waals surface area (Å²) in [5.41, 5.74) is 2.16. The Morgan fingerprint density at radius 2 is 2.24 bits per heavy atom. The summed E-state index contributed by atoms with van der Waals surface area (Å²) in [5.74, 6) is 0.735. The lowest BCUT2D eigenvalue weighted by molar-refractivity contribution is -0.121. The summed E-state index contributed by atoms with van der Waals surface area (Å²) in [6.45, 7) is 2.43. The first-order chi connectivity index (χ1) is 8.21. The van der Waals surface area contributed by atoms with E-state index < -0.39 is 0 Å². The number of methoxy groups -OCH3 is 1. The maximum absolute atomic E-state index is 11.2. The summed E-state index contributed by atoms with van der Waals surface area (Å²) in [6.07, 6.45) is 1.04. The van der Waals surface area contributed by atoms with Crippen LogP contribution >= 0.6 is 0 Å². The maximum atomic E-state index is 11.2. The van der Waals surface area contributed by atoms with Crippen molar-refractivity contribution in [3.63, 3.8) is 0 Å². The molecule has 0 unspecified atom stereocenters. The van der Waals surface area contributed by atoms with Gasteiger partial charge in [0.05, 0.1) is 13.7 Å². The minimum absolute atomic E-state index is 0.116. The van der Waals surface area contributed by atoms with Gasteiger partial charge in [0.25, 0.3) is 0 Å². The summed E-state index contributed by atoms with van der Waals surface area (Å²) >= 11 is 0. The van der Waals surface area contributed by atoms with E-state index in [-0.39, 0.29) is 18.9 Å². The van der Waals surface area contributed by atoms with Crippen LogP contribution in [0.4, 0.5) is 0 Å². The van der Waals surface area contributed by atoms with E-state index in [9.17, 15) is 4.79 Å². The number of carbonyl (C=O) groups is 1. The molecule has 1 aromatic rings. The van der Waals surface area contributed by atoms with Crippen LogP contribution in [0.1, 0.15) is 24.5 Å². The second-order valence-electron chi connectivity index (χ2n) is 3.75. The molecule has 4 heteroatoms. The first-order valence-electron chi connectivity index (χ1n) is 5.74. The first-order valence-corrected chi connectivity index (χ1v) is 5.74. The number of aryl methyl sites for hydroxylation is 1. The topological polar surface area (TPSA) is 58.6 Å². The van der Waals surface area contributed by atoms with Crippen molar-refractivity contribution >= 4 is 5.91 Å². The Morgan fingerprint density at radius 3 is 2.82 bits per heavy atom. The van der Waals surface area contributed by atoms with Crippen LogP contribution in [0.2, 0.25) is 0 Å². The normalized spacial score (nSPS) is 10.1. The molecule has 1 aromatic carbocycles. The molecule has 0 aliphatic carbocycles. The van der Waals surface area contributed by atoms with Crippen molar-refractivity contribution in [1.82, 2.24) is 5.32 Å². The molecule has 0 bridgehead atoms. The standard InChI is InChI=1S/C13H19NO3/c1-3-11-8-10(4-5-12(11)17-2)9-14-13(16)6-7-15/h4-5,8,15H,3,6-7,9H2,1-2H3,(H,14,16). The SMILES string of the molecule is CCc1cc(CNC(=O)CCO)ccc1OC. The third-order valence-electron chi connectivity index (χ3n) is 2.55. The number of carbonyl (C=O) groups excluding carboxylic acids is 1. The van der Waals surface area contributed by atoms with Crippen molar-refractivity contribution in [3.8, 4) is 5.75 Å². The van der Waals surface area contributed by atoms with Crippen LogP contribution in [0.25, 0.3) is 0 Å². The molecule has 0 spiro atoms. The summed E-state index contributed by atoms with van der Waals surface area (Å²) in [7, 11) is 1.65. The van der Waals surface area contributed by atoms with Gasteiger partial charge in [0.2, 0.25) is 5.91 Å². The Hall–Kier alpha value is -1.55. The smallest absolute Gasteiger partial charge is 0.222 e. The van der Waals surface area contributed by atoms with Crippen molar-refractivity contribution in [1.29, 1.82) is 0 Å². The molecule has 4 nitrogen and oxygen atoms in total. The van der Waals surface area contributed by atoms with Gasteiger partial charge in [-0.1, -0.05) is 19.1 Å². The number of benzene rings is 1. The summed E-state index contributed by atoms with van der Waals surface area (Å²) in [4.78, 5) is 11.2. The Labute approximate surface area is 102 Å².